The summed E-state index contributed by atoms with van der Waals surface area (Å²) in [5, 5.41) is 12.8. The maximum absolute atomic E-state index is 13.7. The van der Waals surface area contributed by atoms with Crippen molar-refractivity contribution >= 4 is 5.91 Å². The first-order chi connectivity index (χ1) is 10.5. The highest BCUT2D eigenvalue weighted by Crippen LogP contribution is 2.20. The number of hydrogen-bond donors (Lipinski definition) is 2. The van der Waals surface area contributed by atoms with Gasteiger partial charge in [0.2, 0.25) is 5.91 Å². The SMILES string of the molecule is Cc1ccccc1C(O)CNC(=O)C(C)c1ccccc1F. The van der Waals surface area contributed by atoms with Crippen LogP contribution in [-0.2, 0) is 4.79 Å². The van der Waals surface area contributed by atoms with Crippen molar-refractivity contribution in [3.05, 3.63) is 71.0 Å². The number of benzene rings is 2. The molecule has 3 nitrogen and oxygen atoms in total. The Labute approximate surface area is 129 Å². The van der Waals surface area contributed by atoms with Crippen LogP contribution in [0.25, 0.3) is 0 Å². The van der Waals surface area contributed by atoms with Gasteiger partial charge in [-0.2, -0.15) is 0 Å². The van der Waals surface area contributed by atoms with Crippen LogP contribution < -0.4 is 5.32 Å². The Bertz CT molecular complexity index is 657. The second kappa shape index (κ2) is 7.18. The molecule has 2 aromatic carbocycles. The van der Waals surface area contributed by atoms with Gasteiger partial charge in [0.25, 0.3) is 0 Å². The zero-order valence-electron chi connectivity index (χ0n) is 12.7. The third-order valence-corrected chi connectivity index (χ3v) is 3.78. The van der Waals surface area contributed by atoms with E-state index in [1.165, 1.54) is 6.07 Å². The molecule has 0 radical (unpaired) electrons. The molecule has 4 heteroatoms. The average Bonchev–Trinajstić information content (AvgIpc) is 2.52. The Balaban J connectivity index is 1.98. The van der Waals surface area contributed by atoms with Crippen molar-refractivity contribution in [2.24, 2.45) is 0 Å². The normalized spacial score (nSPS) is 13.5. The molecule has 2 aromatic rings. The highest BCUT2D eigenvalue weighted by atomic mass is 19.1. The summed E-state index contributed by atoms with van der Waals surface area (Å²) < 4.78 is 13.7. The summed E-state index contributed by atoms with van der Waals surface area (Å²) in [4.78, 5) is 12.1. The molecule has 2 rings (SSSR count). The standard InChI is InChI=1S/C18H20FNO2/c1-12-7-3-4-8-14(12)17(21)11-20-18(22)13(2)15-9-5-6-10-16(15)19/h3-10,13,17,21H,11H2,1-2H3,(H,20,22). The van der Waals surface area contributed by atoms with E-state index in [0.717, 1.165) is 11.1 Å². The van der Waals surface area contributed by atoms with Crippen LogP contribution in [0.3, 0.4) is 0 Å². The monoisotopic (exact) mass is 301 g/mol. The molecule has 2 N–H and O–H groups in total. The predicted molar refractivity (Wildman–Crippen MR) is 84.0 cm³/mol. The summed E-state index contributed by atoms with van der Waals surface area (Å²) in [5.41, 5.74) is 2.10. The summed E-state index contributed by atoms with van der Waals surface area (Å²) >= 11 is 0. The third-order valence-electron chi connectivity index (χ3n) is 3.78. The number of carbonyl (C=O) groups is 1. The first-order valence-corrected chi connectivity index (χ1v) is 7.26. The van der Waals surface area contributed by atoms with Crippen LogP contribution in [0.1, 0.15) is 35.6 Å². The Morgan fingerprint density at radius 1 is 1.14 bits per heavy atom. The molecule has 0 heterocycles. The van der Waals surface area contributed by atoms with Crippen LogP contribution in [0.4, 0.5) is 4.39 Å². The summed E-state index contributed by atoms with van der Waals surface area (Å²) in [6.45, 7) is 3.65. The van der Waals surface area contributed by atoms with Gasteiger partial charge in [0.05, 0.1) is 12.0 Å². The molecular formula is C18H20FNO2. The molecule has 2 atom stereocenters. The van der Waals surface area contributed by atoms with E-state index in [1.54, 1.807) is 25.1 Å². The number of nitrogens with one attached hydrogen (secondary N) is 1. The number of hydrogen-bond acceptors (Lipinski definition) is 2. The summed E-state index contributed by atoms with van der Waals surface area (Å²) in [6.07, 6.45) is -0.780. The van der Waals surface area contributed by atoms with E-state index in [0.29, 0.717) is 5.56 Å². The van der Waals surface area contributed by atoms with Crippen molar-refractivity contribution in [1.29, 1.82) is 0 Å². The number of rotatable bonds is 5. The van der Waals surface area contributed by atoms with E-state index in [9.17, 15) is 14.3 Å². The zero-order chi connectivity index (χ0) is 16.1. The van der Waals surface area contributed by atoms with E-state index in [4.69, 9.17) is 0 Å². The summed E-state index contributed by atoms with van der Waals surface area (Å²) in [6, 6.07) is 13.7. The number of aryl methyl sites for hydroxylation is 1. The van der Waals surface area contributed by atoms with Crippen LogP contribution in [-0.4, -0.2) is 17.6 Å². The van der Waals surface area contributed by atoms with Crippen LogP contribution in [0, 0.1) is 12.7 Å². The second-order valence-electron chi connectivity index (χ2n) is 5.36. The Morgan fingerprint density at radius 3 is 2.36 bits per heavy atom. The predicted octanol–water partition coefficient (Wildman–Crippen LogP) is 3.09. The fourth-order valence-corrected chi connectivity index (χ4v) is 2.39. The van der Waals surface area contributed by atoms with Gasteiger partial charge in [0.1, 0.15) is 5.82 Å². The summed E-state index contributed by atoms with van der Waals surface area (Å²) in [7, 11) is 0. The lowest BCUT2D eigenvalue weighted by molar-refractivity contribution is -0.122. The Morgan fingerprint density at radius 2 is 1.73 bits per heavy atom. The molecule has 0 fully saturated rings. The van der Waals surface area contributed by atoms with Gasteiger partial charge in [-0.3, -0.25) is 4.79 Å². The van der Waals surface area contributed by atoms with Crippen molar-refractivity contribution in [3.63, 3.8) is 0 Å². The first kappa shape index (κ1) is 16.2. The molecule has 0 spiro atoms. The molecule has 2 unspecified atom stereocenters. The topological polar surface area (TPSA) is 49.3 Å². The Kier molecular flexibility index (Phi) is 5.28. The van der Waals surface area contributed by atoms with E-state index in [-0.39, 0.29) is 12.5 Å². The van der Waals surface area contributed by atoms with Crippen molar-refractivity contribution in [2.75, 3.05) is 6.54 Å². The summed E-state index contributed by atoms with van der Waals surface area (Å²) in [5.74, 6) is -1.31. The van der Waals surface area contributed by atoms with Crippen molar-refractivity contribution in [1.82, 2.24) is 5.32 Å². The molecule has 0 aliphatic carbocycles. The minimum atomic E-state index is -0.780. The molecule has 0 saturated carbocycles. The van der Waals surface area contributed by atoms with Crippen molar-refractivity contribution < 1.29 is 14.3 Å². The number of carbonyl (C=O) groups excluding carboxylic acids is 1. The molecule has 0 saturated heterocycles. The van der Waals surface area contributed by atoms with Gasteiger partial charge in [-0.25, -0.2) is 4.39 Å². The fourth-order valence-electron chi connectivity index (χ4n) is 2.39. The molecular weight excluding hydrogens is 281 g/mol. The quantitative estimate of drug-likeness (QED) is 0.891. The minimum Gasteiger partial charge on any atom is -0.387 e. The molecule has 0 bridgehead atoms. The zero-order valence-corrected chi connectivity index (χ0v) is 12.7. The highest BCUT2D eigenvalue weighted by Gasteiger charge is 2.19. The third kappa shape index (κ3) is 3.71. The lowest BCUT2D eigenvalue weighted by Crippen LogP contribution is -2.32. The van der Waals surface area contributed by atoms with E-state index >= 15 is 0 Å². The van der Waals surface area contributed by atoms with Crippen LogP contribution in [0.15, 0.2) is 48.5 Å². The Hall–Kier alpha value is -2.20. The molecule has 0 aromatic heterocycles. The van der Waals surface area contributed by atoms with Gasteiger partial charge in [0, 0.05) is 6.54 Å². The largest absolute Gasteiger partial charge is 0.387 e. The smallest absolute Gasteiger partial charge is 0.227 e. The van der Waals surface area contributed by atoms with E-state index < -0.39 is 17.8 Å². The number of halogens is 1. The van der Waals surface area contributed by atoms with Crippen LogP contribution in [0.2, 0.25) is 0 Å². The van der Waals surface area contributed by atoms with E-state index in [1.807, 2.05) is 31.2 Å². The number of aliphatic hydroxyl groups is 1. The van der Waals surface area contributed by atoms with Gasteiger partial charge in [-0.15, -0.1) is 0 Å². The molecule has 0 aliphatic heterocycles. The average molecular weight is 301 g/mol. The van der Waals surface area contributed by atoms with Crippen molar-refractivity contribution in [2.45, 2.75) is 25.9 Å². The van der Waals surface area contributed by atoms with E-state index in [2.05, 4.69) is 5.32 Å². The van der Waals surface area contributed by atoms with Gasteiger partial charge < -0.3 is 10.4 Å². The van der Waals surface area contributed by atoms with Gasteiger partial charge in [0.15, 0.2) is 0 Å². The van der Waals surface area contributed by atoms with Gasteiger partial charge in [-0.1, -0.05) is 42.5 Å². The van der Waals surface area contributed by atoms with Crippen LogP contribution >= 0.6 is 0 Å². The lowest BCUT2D eigenvalue weighted by atomic mass is 9.99. The minimum absolute atomic E-state index is 0.0997. The fraction of sp³-hybridized carbons (Fsp3) is 0.278. The van der Waals surface area contributed by atoms with Crippen LogP contribution in [0.5, 0.6) is 0 Å². The maximum atomic E-state index is 13.7. The number of aliphatic hydroxyl groups excluding tert-OH is 1. The highest BCUT2D eigenvalue weighted by molar-refractivity contribution is 5.83. The second-order valence-corrected chi connectivity index (χ2v) is 5.36. The van der Waals surface area contributed by atoms with Gasteiger partial charge >= 0.3 is 0 Å². The molecule has 22 heavy (non-hydrogen) atoms. The van der Waals surface area contributed by atoms with Crippen molar-refractivity contribution in [3.8, 4) is 0 Å². The number of amides is 1. The molecule has 116 valence electrons. The lowest BCUT2D eigenvalue weighted by Gasteiger charge is -2.17. The maximum Gasteiger partial charge on any atom is 0.227 e. The van der Waals surface area contributed by atoms with Gasteiger partial charge in [-0.05, 0) is 36.6 Å². The first-order valence-electron chi connectivity index (χ1n) is 7.26. The molecule has 0 aliphatic rings. The molecule has 1 amide bonds.